The Labute approximate surface area is 151 Å². The lowest BCUT2D eigenvalue weighted by molar-refractivity contribution is 0.415. The van der Waals surface area contributed by atoms with Gasteiger partial charge in [-0.2, -0.15) is 0 Å². The van der Waals surface area contributed by atoms with Gasteiger partial charge in [-0.15, -0.1) is 11.3 Å². The molecular weight excluding hydrogens is 340 g/mol. The second-order valence-electron chi connectivity index (χ2n) is 5.50. The largest absolute Gasteiger partial charge is 0.497 e. The summed E-state index contributed by atoms with van der Waals surface area (Å²) < 4.78 is 5.27. The summed E-state index contributed by atoms with van der Waals surface area (Å²) in [7, 11) is 1.67. The molecule has 2 aromatic carbocycles. The Balaban J connectivity index is 1.67. The summed E-state index contributed by atoms with van der Waals surface area (Å²) in [4.78, 5) is 4.71. The van der Waals surface area contributed by atoms with Crippen molar-refractivity contribution in [1.82, 2.24) is 10.3 Å². The Bertz CT molecular complexity index is 818. The second kappa shape index (κ2) is 7.79. The van der Waals surface area contributed by atoms with E-state index in [-0.39, 0.29) is 6.04 Å². The van der Waals surface area contributed by atoms with Crippen molar-refractivity contribution in [2.75, 3.05) is 7.11 Å². The first-order chi connectivity index (χ1) is 11.7. The van der Waals surface area contributed by atoms with Gasteiger partial charge in [-0.3, -0.25) is 0 Å². The van der Waals surface area contributed by atoms with Gasteiger partial charge in [0.1, 0.15) is 10.8 Å². The van der Waals surface area contributed by atoms with Gasteiger partial charge in [-0.05, 0) is 30.7 Å². The van der Waals surface area contributed by atoms with Crippen molar-refractivity contribution in [3.05, 3.63) is 70.2 Å². The number of hydrogen-bond acceptors (Lipinski definition) is 4. The molecule has 0 fully saturated rings. The molecule has 0 saturated carbocycles. The molecule has 0 aliphatic heterocycles. The number of ether oxygens (including phenoxy) is 1. The van der Waals surface area contributed by atoms with Crippen molar-refractivity contribution >= 4 is 22.9 Å². The van der Waals surface area contributed by atoms with E-state index >= 15 is 0 Å². The van der Waals surface area contributed by atoms with Crippen LogP contribution in [0.1, 0.15) is 24.2 Å². The molecule has 0 radical (unpaired) electrons. The number of hydrogen-bond donors (Lipinski definition) is 1. The van der Waals surface area contributed by atoms with E-state index in [2.05, 4.69) is 17.6 Å². The van der Waals surface area contributed by atoms with Gasteiger partial charge in [0, 0.05) is 28.6 Å². The van der Waals surface area contributed by atoms with Crippen LogP contribution in [0.15, 0.2) is 53.9 Å². The van der Waals surface area contributed by atoms with E-state index in [1.165, 1.54) is 0 Å². The second-order valence-corrected chi connectivity index (χ2v) is 6.77. The summed E-state index contributed by atoms with van der Waals surface area (Å²) in [6, 6.07) is 16.0. The standard InChI is InChI=1S/C19H19ClN2OS/c1-13(17-8-3-4-9-18(17)20)21-11-15-12-24-19(22-15)14-6-5-7-16(10-14)23-2/h3-10,12-13,21H,11H2,1-2H3. The predicted octanol–water partition coefficient (Wildman–Crippen LogP) is 5.32. The molecule has 0 amide bonds. The van der Waals surface area contributed by atoms with Crippen molar-refractivity contribution in [1.29, 1.82) is 0 Å². The Hall–Kier alpha value is -1.88. The topological polar surface area (TPSA) is 34.1 Å². The molecule has 1 N–H and O–H groups in total. The number of nitrogens with zero attached hydrogens (tertiary/aromatic N) is 1. The highest BCUT2D eigenvalue weighted by Crippen LogP contribution is 2.27. The van der Waals surface area contributed by atoms with Crippen molar-refractivity contribution in [3.63, 3.8) is 0 Å². The molecule has 3 nitrogen and oxygen atoms in total. The number of nitrogens with one attached hydrogen (secondary N) is 1. The summed E-state index contributed by atoms with van der Waals surface area (Å²) in [6.45, 7) is 2.81. The molecule has 0 saturated heterocycles. The van der Waals surface area contributed by atoms with Crippen LogP contribution in [0, 0.1) is 0 Å². The average Bonchev–Trinajstić information content (AvgIpc) is 3.09. The van der Waals surface area contributed by atoms with Crippen LogP contribution in [0.4, 0.5) is 0 Å². The number of aromatic nitrogens is 1. The molecule has 0 bridgehead atoms. The predicted molar refractivity (Wildman–Crippen MR) is 101 cm³/mol. The monoisotopic (exact) mass is 358 g/mol. The molecule has 1 unspecified atom stereocenters. The molecule has 1 atom stereocenters. The van der Waals surface area contributed by atoms with Gasteiger partial charge in [0.15, 0.2) is 0 Å². The normalized spacial score (nSPS) is 12.1. The van der Waals surface area contributed by atoms with E-state index in [4.69, 9.17) is 21.3 Å². The SMILES string of the molecule is COc1cccc(-c2nc(CNC(C)c3ccccc3Cl)cs2)c1. The molecular formula is C19H19ClN2OS. The fourth-order valence-corrected chi connectivity index (χ4v) is 3.59. The maximum absolute atomic E-state index is 6.25. The van der Waals surface area contributed by atoms with Crippen LogP contribution in [0.25, 0.3) is 10.6 Å². The molecule has 24 heavy (non-hydrogen) atoms. The highest BCUT2D eigenvalue weighted by molar-refractivity contribution is 7.13. The minimum Gasteiger partial charge on any atom is -0.497 e. The van der Waals surface area contributed by atoms with Crippen LogP contribution < -0.4 is 10.1 Å². The first-order valence-corrected chi connectivity index (χ1v) is 9.00. The van der Waals surface area contributed by atoms with Gasteiger partial charge in [-0.1, -0.05) is 41.9 Å². The van der Waals surface area contributed by atoms with Crippen LogP contribution in [-0.2, 0) is 6.54 Å². The first-order valence-electron chi connectivity index (χ1n) is 7.74. The third-order valence-electron chi connectivity index (χ3n) is 3.83. The minimum atomic E-state index is 0.167. The zero-order valence-electron chi connectivity index (χ0n) is 13.6. The highest BCUT2D eigenvalue weighted by atomic mass is 35.5. The lowest BCUT2D eigenvalue weighted by Gasteiger charge is -2.14. The van der Waals surface area contributed by atoms with Gasteiger partial charge in [0.05, 0.1) is 12.8 Å². The molecule has 1 aromatic heterocycles. The molecule has 3 rings (SSSR count). The Morgan fingerprint density at radius 2 is 2.04 bits per heavy atom. The van der Waals surface area contributed by atoms with Crippen molar-refractivity contribution in [2.45, 2.75) is 19.5 Å². The molecule has 0 aliphatic rings. The highest BCUT2D eigenvalue weighted by Gasteiger charge is 2.10. The zero-order valence-corrected chi connectivity index (χ0v) is 15.2. The fraction of sp³-hybridized carbons (Fsp3) is 0.211. The van der Waals surface area contributed by atoms with Gasteiger partial charge >= 0.3 is 0 Å². The van der Waals surface area contributed by atoms with E-state index in [1.54, 1.807) is 18.4 Å². The molecule has 5 heteroatoms. The summed E-state index contributed by atoms with van der Waals surface area (Å²) >= 11 is 7.89. The maximum atomic E-state index is 6.25. The first kappa shape index (κ1) is 17.0. The molecule has 3 aromatic rings. The summed E-state index contributed by atoms with van der Waals surface area (Å²) in [6.07, 6.45) is 0. The molecule has 124 valence electrons. The molecule has 0 aliphatic carbocycles. The number of rotatable bonds is 6. The van der Waals surface area contributed by atoms with E-state index in [0.717, 1.165) is 32.6 Å². The number of thiazole rings is 1. The van der Waals surface area contributed by atoms with Gasteiger partial charge in [0.2, 0.25) is 0 Å². The zero-order chi connectivity index (χ0) is 16.9. The third-order valence-corrected chi connectivity index (χ3v) is 5.11. The van der Waals surface area contributed by atoms with E-state index in [0.29, 0.717) is 6.54 Å². The quantitative estimate of drug-likeness (QED) is 0.647. The van der Waals surface area contributed by atoms with Gasteiger partial charge < -0.3 is 10.1 Å². The summed E-state index contributed by atoms with van der Waals surface area (Å²) in [5.74, 6) is 0.842. The number of methoxy groups -OCH3 is 1. The summed E-state index contributed by atoms with van der Waals surface area (Å²) in [5.41, 5.74) is 3.20. The van der Waals surface area contributed by atoms with Crippen LogP contribution in [0.5, 0.6) is 5.75 Å². The van der Waals surface area contributed by atoms with Gasteiger partial charge in [-0.25, -0.2) is 4.98 Å². The fourth-order valence-electron chi connectivity index (χ4n) is 2.47. The lowest BCUT2D eigenvalue weighted by atomic mass is 10.1. The number of halogens is 1. The maximum Gasteiger partial charge on any atom is 0.123 e. The Morgan fingerprint density at radius 1 is 1.21 bits per heavy atom. The number of benzene rings is 2. The Morgan fingerprint density at radius 3 is 2.83 bits per heavy atom. The van der Waals surface area contributed by atoms with Crippen molar-refractivity contribution in [2.24, 2.45) is 0 Å². The van der Waals surface area contributed by atoms with E-state index < -0.39 is 0 Å². The van der Waals surface area contributed by atoms with E-state index in [9.17, 15) is 0 Å². The molecule has 0 spiro atoms. The van der Waals surface area contributed by atoms with Gasteiger partial charge in [0.25, 0.3) is 0 Å². The van der Waals surface area contributed by atoms with Crippen LogP contribution in [0.3, 0.4) is 0 Å². The smallest absolute Gasteiger partial charge is 0.123 e. The molecule has 1 heterocycles. The van der Waals surface area contributed by atoms with Crippen LogP contribution in [0.2, 0.25) is 5.02 Å². The Kier molecular flexibility index (Phi) is 5.51. The third kappa shape index (κ3) is 3.96. The average molecular weight is 359 g/mol. The van der Waals surface area contributed by atoms with Crippen molar-refractivity contribution in [3.8, 4) is 16.3 Å². The minimum absolute atomic E-state index is 0.167. The lowest BCUT2D eigenvalue weighted by Crippen LogP contribution is -2.18. The van der Waals surface area contributed by atoms with E-state index in [1.807, 2.05) is 48.5 Å². The van der Waals surface area contributed by atoms with Crippen LogP contribution >= 0.6 is 22.9 Å². The van der Waals surface area contributed by atoms with Crippen LogP contribution in [-0.4, -0.2) is 12.1 Å². The van der Waals surface area contributed by atoms with Crippen molar-refractivity contribution < 1.29 is 4.74 Å². The summed E-state index contributed by atoms with van der Waals surface area (Å²) in [5, 5.41) is 7.34.